The summed E-state index contributed by atoms with van der Waals surface area (Å²) in [7, 11) is 2.10. The topological polar surface area (TPSA) is 60.2 Å². The van der Waals surface area contributed by atoms with Gasteiger partial charge in [-0.2, -0.15) is 0 Å². The summed E-state index contributed by atoms with van der Waals surface area (Å²) >= 11 is 1.85. The van der Waals surface area contributed by atoms with Crippen LogP contribution in [0.2, 0.25) is 0 Å². The van der Waals surface area contributed by atoms with E-state index in [4.69, 9.17) is 4.74 Å². The summed E-state index contributed by atoms with van der Waals surface area (Å²) in [6, 6.07) is 8.18. The molecule has 0 N–H and O–H groups in total. The first-order chi connectivity index (χ1) is 15.0. The number of unbranched alkanes of at least 4 members (excludes halogenated alkanes) is 3. The van der Waals surface area contributed by atoms with E-state index < -0.39 is 0 Å². The van der Waals surface area contributed by atoms with Crippen LogP contribution in [0.5, 0.6) is 5.75 Å². The van der Waals surface area contributed by atoms with Crippen LogP contribution in [-0.4, -0.2) is 33.6 Å². The number of ether oxygens (including phenoxy) is 1. The lowest BCUT2D eigenvalue weighted by atomic mass is 10.1. The highest BCUT2D eigenvalue weighted by Gasteiger charge is 2.06. The molecule has 0 saturated heterocycles. The van der Waals surface area contributed by atoms with Crippen LogP contribution >= 0.6 is 11.9 Å². The molecule has 0 spiro atoms. The van der Waals surface area contributed by atoms with Crippen molar-refractivity contribution >= 4 is 23.4 Å². The number of hydrogen-bond donors (Lipinski definition) is 0. The SMILES string of the molecule is CCC(=O)CCCCCCn1cc(COc2ccc(N(C)SCCC(C)C)cc2)nn1. The van der Waals surface area contributed by atoms with Crippen LogP contribution in [0.4, 0.5) is 5.69 Å². The molecule has 0 fully saturated rings. The maximum atomic E-state index is 11.3. The Hall–Kier alpha value is -2.02. The van der Waals surface area contributed by atoms with Crippen LogP contribution in [0, 0.1) is 5.92 Å². The van der Waals surface area contributed by atoms with Gasteiger partial charge in [-0.3, -0.25) is 9.48 Å². The smallest absolute Gasteiger partial charge is 0.134 e. The molecule has 31 heavy (non-hydrogen) atoms. The molecule has 0 aliphatic heterocycles. The number of benzene rings is 1. The van der Waals surface area contributed by atoms with Crippen molar-refractivity contribution in [1.82, 2.24) is 15.0 Å². The Bertz CT molecular complexity index is 761. The minimum absolute atomic E-state index is 0.364. The van der Waals surface area contributed by atoms with Gasteiger partial charge in [-0.1, -0.05) is 50.8 Å². The predicted octanol–water partition coefficient (Wildman–Crippen LogP) is 5.92. The summed E-state index contributed by atoms with van der Waals surface area (Å²) in [5.74, 6) is 3.06. The van der Waals surface area contributed by atoms with Gasteiger partial charge in [0.1, 0.15) is 23.8 Å². The van der Waals surface area contributed by atoms with Gasteiger partial charge in [-0.05, 0) is 49.4 Å². The molecule has 1 aromatic heterocycles. The lowest BCUT2D eigenvalue weighted by molar-refractivity contribution is -0.118. The van der Waals surface area contributed by atoms with Crippen LogP contribution in [0.15, 0.2) is 30.5 Å². The molecule has 0 radical (unpaired) electrons. The van der Waals surface area contributed by atoms with Gasteiger partial charge in [0.2, 0.25) is 0 Å². The van der Waals surface area contributed by atoms with Crippen molar-refractivity contribution in [2.75, 3.05) is 17.1 Å². The Kier molecular flexibility index (Phi) is 11.5. The number of aryl methyl sites for hydroxylation is 1. The molecule has 0 atom stereocenters. The van der Waals surface area contributed by atoms with E-state index in [1.165, 1.54) is 12.1 Å². The molecule has 6 nitrogen and oxygen atoms in total. The Balaban J connectivity index is 1.65. The standard InChI is InChI=1S/C24H38N4O2S/c1-5-23(29)10-8-6-7-9-16-28-18-21(25-26-28)19-30-24-13-11-22(12-14-24)27(4)31-17-15-20(2)3/h11-14,18,20H,5-10,15-17,19H2,1-4H3. The Morgan fingerprint density at radius 1 is 1.16 bits per heavy atom. The van der Waals surface area contributed by atoms with Crippen LogP contribution in [-0.2, 0) is 17.9 Å². The third-order valence-corrected chi connectivity index (χ3v) is 6.16. The van der Waals surface area contributed by atoms with Gasteiger partial charge in [0, 0.05) is 37.9 Å². The Morgan fingerprint density at radius 3 is 2.61 bits per heavy atom. The van der Waals surface area contributed by atoms with Gasteiger partial charge >= 0.3 is 0 Å². The van der Waals surface area contributed by atoms with Crippen LogP contribution in [0.1, 0.15) is 71.4 Å². The number of anilines is 1. The van der Waals surface area contributed by atoms with Crippen molar-refractivity contribution in [3.05, 3.63) is 36.2 Å². The van der Waals surface area contributed by atoms with Crippen LogP contribution in [0.3, 0.4) is 0 Å². The van der Waals surface area contributed by atoms with Gasteiger partial charge in [0.25, 0.3) is 0 Å². The van der Waals surface area contributed by atoms with Crippen LogP contribution < -0.4 is 9.04 Å². The average Bonchev–Trinajstić information content (AvgIpc) is 3.22. The number of carbonyl (C=O) groups excluding carboxylic acids is 1. The first-order valence-corrected chi connectivity index (χ1v) is 12.4. The minimum Gasteiger partial charge on any atom is -0.487 e. The van der Waals surface area contributed by atoms with Crippen molar-refractivity contribution < 1.29 is 9.53 Å². The monoisotopic (exact) mass is 446 g/mol. The minimum atomic E-state index is 0.364. The first-order valence-electron chi connectivity index (χ1n) is 11.5. The molecule has 7 heteroatoms. The van der Waals surface area contributed by atoms with E-state index in [1.54, 1.807) is 0 Å². The molecule has 2 rings (SSSR count). The highest BCUT2D eigenvalue weighted by Crippen LogP contribution is 2.24. The van der Waals surface area contributed by atoms with E-state index in [-0.39, 0.29) is 0 Å². The van der Waals surface area contributed by atoms with Crippen molar-refractivity contribution in [2.24, 2.45) is 5.92 Å². The van der Waals surface area contributed by atoms with Crippen molar-refractivity contribution in [2.45, 2.75) is 78.9 Å². The van der Waals surface area contributed by atoms with Gasteiger partial charge < -0.3 is 9.04 Å². The molecular formula is C24H38N4O2S. The predicted molar refractivity (Wildman–Crippen MR) is 129 cm³/mol. The summed E-state index contributed by atoms with van der Waals surface area (Å²) in [6.45, 7) is 7.70. The number of aromatic nitrogens is 3. The number of ketones is 1. The molecule has 172 valence electrons. The highest BCUT2D eigenvalue weighted by atomic mass is 32.2. The normalized spacial score (nSPS) is 11.1. The fourth-order valence-electron chi connectivity index (χ4n) is 3.05. The largest absolute Gasteiger partial charge is 0.487 e. The molecule has 0 aliphatic rings. The number of carbonyl (C=O) groups is 1. The zero-order chi connectivity index (χ0) is 22.5. The van der Waals surface area contributed by atoms with Gasteiger partial charge in [-0.25, -0.2) is 0 Å². The van der Waals surface area contributed by atoms with Gasteiger partial charge in [-0.15, -0.1) is 5.10 Å². The zero-order valence-electron chi connectivity index (χ0n) is 19.5. The second kappa shape index (κ2) is 14.1. The molecular weight excluding hydrogens is 408 g/mol. The molecule has 1 heterocycles. The van der Waals surface area contributed by atoms with Crippen LogP contribution in [0.25, 0.3) is 0 Å². The second-order valence-electron chi connectivity index (χ2n) is 8.33. The molecule has 0 unspecified atom stereocenters. The molecule has 0 aliphatic carbocycles. The fourth-order valence-corrected chi connectivity index (χ4v) is 4.17. The molecule has 2 aromatic rings. The Labute approximate surface area is 191 Å². The summed E-state index contributed by atoms with van der Waals surface area (Å²) in [5.41, 5.74) is 2.00. The maximum absolute atomic E-state index is 11.3. The lowest BCUT2D eigenvalue weighted by Crippen LogP contribution is -2.08. The van der Waals surface area contributed by atoms with Gasteiger partial charge in [0.05, 0.1) is 6.20 Å². The first kappa shape index (κ1) is 25.2. The third kappa shape index (κ3) is 10.2. The zero-order valence-corrected chi connectivity index (χ0v) is 20.4. The van der Waals surface area contributed by atoms with Crippen molar-refractivity contribution in [1.29, 1.82) is 0 Å². The van der Waals surface area contributed by atoms with E-state index in [9.17, 15) is 4.79 Å². The van der Waals surface area contributed by atoms with E-state index in [1.807, 2.05) is 41.9 Å². The van der Waals surface area contributed by atoms with E-state index >= 15 is 0 Å². The summed E-state index contributed by atoms with van der Waals surface area (Å²) in [6.07, 6.45) is 8.79. The molecule has 0 bridgehead atoms. The molecule has 0 amide bonds. The van der Waals surface area contributed by atoms with E-state index in [0.717, 1.165) is 61.8 Å². The van der Waals surface area contributed by atoms with E-state index in [2.05, 4.69) is 47.6 Å². The van der Waals surface area contributed by atoms with Crippen molar-refractivity contribution in [3.63, 3.8) is 0 Å². The maximum Gasteiger partial charge on any atom is 0.134 e. The molecule has 1 aromatic carbocycles. The average molecular weight is 447 g/mol. The number of hydrogen-bond acceptors (Lipinski definition) is 6. The third-order valence-electron chi connectivity index (χ3n) is 5.14. The summed E-state index contributed by atoms with van der Waals surface area (Å²) in [4.78, 5) is 11.3. The van der Waals surface area contributed by atoms with Gasteiger partial charge in [0.15, 0.2) is 0 Å². The second-order valence-corrected chi connectivity index (χ2v) is 9.54. The molecule has 0 saturated carbocycles. The lowest BCUT2D eigenvalue weighted by Gasteiger charge is -2.18. The fraction of sp³-hybridized carbons (Fsp3) is 0.625. The highest BCUT2D eigenvalue weighted by molar-refractivity contribution is 8.00. The number of nitrogens with zero attached hydrogens (tertiary/aromatic N) is 4. The van der Waals surface area contributed by atoms with Crippen molar-refractivity contribution in [3.8, 4) is 5.75 Å². The quantitative estimate of drug-likeness (QED) is 0.236. The Morgan fingerprint density at radius 2 is 1.90 bits per heavy atom. The van der Waals surface area contributed by atoms with E-state index in [0.29, 0.717) is 18.8 Å². The number of Topliss-reactive ketones (excluding diaryl/α,β-unsaturated/α-hetero) is 1. The summed E-state index contributed by atoms with van der Waals surface area (Å²) in [5, 5.41) is 8.40. The summed E-state index contributed by atoms with van der Waals surface area (Å²) < 4.78 is 9.96. The number of rotatable bonds is 16.